The second-order valence-corrected chi connectivity index (χ2v) is 10.9. The molecule has 2 aliphatic carbocycles. The summed E-state index contributed by atoms with van der Waals surface area (Å²) >= 11 is 6.20. The number of benzene rings is 4. The SMILES string of the molecule is CCOc1ccc(C2C3(OC(c4ccc(Cl)cc4)C24C(=O)c2ccccc2C4=O)C(=O)c2ccccc2C3=O)cc1. The standard InChI is InChI=1S/C34H23ClO6/c1-2-40-22-17-13-19(14-18-22)27-33(28(36)23-7-3-4-8-24(23)29(33)37)32(20-11-15-21(35)16-12-20)41-34(27)30(38)25-9-5-6-10-26(25)31(34)39/h3-18,27,32H,2H2,1H3. The quantitative estimate of drug-likeness (QED) is 0.265. The number of ether oxygens (including phenoxy) is 2. The van der Waals surface area contributed by atoms with E-state index in [0.717, 1.165) is 0 Å². The first-order chi connectivity index (χ1) is 19.9. The highest BCUT2D eigenvalue weighted by Crippen LogP contribution is 2.67. The summed E-state index contributed by atoms with van der Waals surface area (Å²) in [6.07, 6.45) is -1.24. The summed E-state index contributed by atoms with van der Waals surface area (Å²) in [6.45, 7) is 2.30. The van der Waals surface area contributed by atoms with E-state index >= 15 is 0 Å². The number of rotatable bonds is 4. The minimum atomic E-state index is -2.14. The maximum Gasteiger partial charge on any atom is 0.204 e. The van der Waals surface area contributed by atoms with E-state index in [-0.39, 0.29) is 22.3 Å². The van der Waals surface area contributed by atoms with Gasteiger partial charge in [0.1, 0.15) is 17.3 Å². The van der Waals surface area contributed by atoms with Crippen molar-refractivity contribution in [2.75, 3.05) is 6.61 Å². The number of hydrogen-bond donors (Lipinski definition) is 0. The van der Waals surface area contributed by atoms with Gasteiger partial charge in [0.05, 0.1) is 12.5 Å². The largest absolute Gasteiger partial charge is 0.494 e. The lowest BCUT2D eigenvalue weighted by molar-refractivity contribution is -0.0210. The summed E-state index contributed by atoms with van der Waals surface area (Å²) in [4.78, 5) is 58.2. The van der Waals surface area contributed by atoms with Gasteiger partial charge in [-0.05, 0) is 42.3 Å². The predicted molar refractivity (Wildman–Crippen MR) is 151 cm³/mol. The molecule has 0 radical (unpaired) electrons. The molecule has 0 amide bonds. The molecule has 1 heterocycles. The van der Waals surface area contributed by atoms with E-state index < -0.39 is 46.2 Å². The molecule has 1 saturated heterocycles. The molecule has 1 fully saturated rings. The van der Waals surface area contributed by atoms with Crippen molar-refractivity contribution in [3.8, 4) is 5.75 Å². The monoisotopic (exact) mass is 562 g/mol. The van der Waals surface area contributed by atoms with E-state index in [9.17, 15) is 19.2 Å². The number of carbonyl (C=O) groups excluding carboxylic acids is 4. The summed E-state index contributed by atoms with van der Waals surface area (Å²) in [5.41, 5.74) is -2.27. The molecule has 202 valence electrons. The molecule has 0 saturated carbocycles. The molecular weight excluding hydrogens is 540 g/mol. The third-order valence-electron chi connectivity index (χ3n) is 8.54. The minimum Gasteiger partial charge on any atom is -0.494 e. The maximum atomic E-state index is 14.7. The molecule has 2 atom stereocenters. The van der Waals surface area contributed by atoms with Crippen molar-refractivity contribution in [3.05, 3.63) is 135 Å². The third-order valence-corrected chi connectivity index (χ3v) is 8.79. The molecule has 3 aliphatic rings. The Morgan fingerprint density at radius 2 is 1.12 bits per heavy atom. The van der Waals surface area contributed by atoms with Crippen molar-refractivity contribution in [2.45, 2.75) is 24.5 Å². The molecule has 7 rings (SSSR count). The summed E-state index contributed by atoms with van der Waals surface area (Å²) in [7, 11) is 0. The van der Waals surface area contributed by atoms with Gasteiger partial charge in [0.2, 0.25) is 17.2 Å². The fraction of sp³-hybridized carbons (Fsp3) is 0.176. The number of fused-ring (bicyclic) bond motifs is 2. The summed E-state index contributed by atoms with van der Waals surface area (Å²) < 4.78 is 12.3. The van der Waals surface area contributed by atoms with Gasteiger partial charge in [0, 0.05) is 27.3 Å². The zero-order valence-electron chi connectivity index (χ0n) is 21.9. The van der Waals surface area contributed by atoms with Crippen molar-refractivity contribution in [2.24, 2.45) is 5.41 Å². The average Bonchev–Trinajstić information content (AvgIpc) is 3.52. The number of Topliss-reactive ketones (excluding diaryl/α,β-unsaturated/α-hetero) is 4. The van der Waals surface area contributed by atoms with E-state index in [0.29, 0.717) is 28.5 Å². The van der Waals surface area contributed by atoms with E-state index in [1.54, 1.807) is 97.1 Å². The van der Waals surface area contributed by atoms with Gasteiger partial charge in [-0.1, -0.05) is 84.4 Å². The molecule has 2 spiro atoms. The molecule has 2 unspecified atom stereocenters. The fourth-order valence-electron chi connectivity index (χ4n) is 6.89. The van der Waals surface area contributed by atoms with Crippen LogP contribution in [0.1, 0.15) is 71.5 Å². The Kier molecular flexibility index (Phi) is 5.65. The van der Waals surface area contributed by atoms with Crippen molar-refractivity contribution in [1.82, 2.24) is 0 Å². The Morgan fingerprint density at radius 1 is 0.659 bits per heavy atom. The average molecular weight is 563 g/mol. The van der Waals surface area contributed by atoms with Crippen LogP contribution in [-0.4, -0.2) is 35.3 Å². The summed E-state index contributed by atoms with van der Waals surface area (Å²) in [5, 5.41) is 0.450. The van der Waals surface area contributed by atoms with Gasteiger partial charge in [0.25, 0.3) is 0 Å². The van der Waals surface area contributed by atoms with Crippen molar-refractivity contribution >= 4 is 34.7 Å². The topological polar surface area (TPSA) is 86.7 Å². The van der Waals surface area contributed by atoms with Gasteiger partial charge >= 0.3 is 0 Å². The van der Waals surface area contributed by atoms with Crippen LogP contribution in [0.5, 0.6) is 5.75 Å². The Hall–Kier alpha value is -4.39. The molecule has 0 N–H and O–H groups in total. The molecule has 6 nitrogen and oxygen atoms in total. The first-order valence-corrected chi connectivity index (χ1v) is 13.8. The highest BCUT2D eigenvalue weighted by molar-refractivity contribution is 6.37. The van der Waals surface area contributed by atoms with Gasteiger partial charge in [-0.3, -0.25) is 19.2 Å². The lowest BCUT2D eigenvalue weighted by Gasteiger charge is -2.34. The van der Waals surface area contributed by atoms with Gasteiger partial charge < -0.3 is 9.47 Å². The molecule has 1 aliphatic heterocycles. The fourth-order valence-corrected chi connectivity index (χ4v) is 7.01. The lowest BCUT2D eigenvalue weighted by Crippen LogP contribution is -2.51. The Labute approximate surface area is 240 Å². The highest BCUT2D eigenvalue weighted by Gasteiger charge is 2.79. The van der Waals surface area contributed by atoms with E-state index in [2.05, 4.69) is 0 Å². The Morgan fingerprint density at radius 3 is 1.61 bits per heavy atom. The zero-order valence-corrected chi connectivity index (χ0v) is 22.7. The van der Waals surface area contributed by atoms with Crippen LogP contribution in [0.4, 0.5) is 0 Å². The lowest BCUT2D eigenvalue weighted by atomic mass is 9.60. The smallest absolute Gasteiger partial charge is 0.204 e. The Bertz CT molecular complexity index is 1700. The zero-order chi connectivity index (χ0) is 28.5. The normalized spacial score (nSPS) is 21.5. The molecule has 4 aromatic carbocycles. The van der Waals surface area contributed by atoms with Gasteiger partial charge in [0.15, 0.2) is 11.6 Å². The van der Waals surface area contributed by atoms with Crippen LogP contribution in [0.3, 0.4) is 0 Å². The maximum absolute atomic E-state index is 14.7. The number of ketones is 4. The molecule has 41 heavy (non-hydrogen) atoms. The second-order valence-electron chi connectivity index (χ2n) is 10.5. The number of carbonyl (C=O) groups is 4. The Balaban J connectivity index is 1.56. The van der Waals surface area contributed by atoms with Crippen LogP contribution in [0.15, 0.2) is 97.1 Å². The second kappa shape index (κ2) is 9.06. The van der Waals surface area contributed by atoms with Crippen LogP contribution in [-0.2, 0) is 4.74 Å². The van der Waals surface area contributed by atoms with E-state index in [1.165, 1.54) is 0 Å². The molecule has 7 heteroatoms. The van der Waals surface area contributed by atoms with Crippen molar-refractivity contribution in [3.63, 3.8) is 0 Å². The summed E-state index contributed by atoms with van der Waals surface area (Å²) in [5.74, 6) is -2.78. The molecular formula is C34H23ClO6. The number of hydrogen-bond acceptors (Lipinski definition) is 6. The molecule has 4 aromatic rings. The van der Waals surface area contributed by atoms with E-state index in [4.69, 9.17) is 21.1 Å². The van der Waals surface area contributed by atoms with Gasteiger partial charge in [-0.15, -0.1) is 0 Å². The van der Waals surface area contributed by atoms with Crippen molar-refractivity contribution < 1.29 is 28.7 Å². The van der Waals surface area contributed by atoms with Crippen LogP contribution in [0, 0.1) is 5.41 Å². The molecule has 0 bridgehead atoms. The first-order valence-electron chi connectivity index (χ1n) is 13.4. The molecule has 0 aromatic heterocycles. The van der Waals surface area contributed by atoms with Crippen molar-refractivity contribution in [1.29, 1.82) is 0 Å². The highest BCUT2D eigenvalue weighted by atomic mass is 35.5. The number of halogens is 1. The van der Waals surface area contributed by atoms with Crippen LogP contribution in [0.2, 0.25) is 5.02 Å². The summed E-state index contributed by atoms with van der Waals surface area (Å²) in [6, 6.07) is 26.6. The van der Waals surface area contributed by atoms with Crippen LogP contribution >= 0.6 is 11.6 Å². The van der Waals surface area contributed by atoms with Crippen LogP contribution in [0.25, 0.3) is 0 Å². The van der Waals surface area contributed by atoms with Crippen LogP contribution < -0.4 is 4.74 Å². The van der Waals surface area contributed by atoms with E-state index in [1.807, 2.05) is 6.92 Å². The predicted octanol–water partition coefficient (Wildman–Crippen LogP) is 6.48. The van der Waals surface area contributed by atoms with Gasteiger partial charge in [-0.25, -0.2) is 0 Å². The third kappa shape index (κ3) is 3.23. The van der Waals surface area contributed by atoms with Gasteiger partial charge in [-0.2, -0.15) is 0 Å². The minimum absolute atomic E-state index is 0.204. The first kappa shape index (κ1) is 25.6.